The van der Waals surface area contributed by atoms with Gasteiger partial charge < -0.3 is 10.6 Å². The van der Waals surface area contributed by atoms with Crippen LogP contribution in [-0.2, 0) is 6.54 Å². The molecule has 0 fully saturated rings. The van der Waals surface area contributed by atoms with Gasteiger partial charge in [0.2, 0.25) is 0 Å². The predicted octanol–water partition coefficient (Wildman–Crippen LogP) is 5.43. The van der Waals surface area contributed by atoms with E-state index in [4.69, 9.17) is 23.8 Å². The maximum Gasteiger partial charge on any atom is 0.176 e. The summed E-state index contributed by atoms with van der Waals surface area (Å²) >= 11 is 14.7. The smallest absolute Gasteiger partial charge is 0.176 e. The molecule has 0 spiro atoms. The Morgan fingerprint density at radius 2 is 1.96 bits per heavy atom. The second-order valence-electron chi connectivity index (χ2n) is 5.32. The van der Waals surface area contributed by atoms with E-state index in [1.807, 2.05) is 24.3 Å². The van der Waals surface area contributed by atoms with Crippen molar-refractivity contribution in [3.63, 3.8) is 0 Å². The van der Waals surface area contributed by atoms with Gasteiger partial charge in [-0.3, -0.25) is 4.68 Å². The Kier molecular flexibility index (Phi) is 5.85. The van der Waals surface area contributed by atoms with E-state index in [9.17, 15) is 8.78 Å². The van der Waals surface area contributed by atoms with Crippen LogP contribution in [0.4, 0.5) is 20.3 Å². The van der Waals surface area contributed by atoms with Crippen LogP contribution in [-0.4, -0.2) is 14.9 Å². The van der Waals surface area contributed by atoms with Crippen LogP contribution >= 0.6 is 39.7 Å². The molecule has 0 aliphatic carbocycles. The van der Waals surface area contributed by atoms with Gasteiger partial charge in [0, 0.05) is 17.3 Å². The molecule has 0 saturated carbocycles. The summed E-state index contributed by atoms with van der Waals surface area (Å²) in [6, 6.07) is 10.7. The Morgan fingerprint density at radius 1 is 1.19 bits per heavy atom. The highest BCUT2D eigenvalue weighted by atomic mass is 79.9. The largest absolute Gasteiger partial charge is 0.330 e. The SMILES string of the molecule is Fc1ccc(NC(=S)Nc2nn(Cc3ccccc3Cl)cc2Br)c(F)c1. The van der Waals surface area contributed by atoms with E-state index in [0.29, 0.717) is 21.9 Å². The molecule has 2 aromatic carbocycles. The molecule has 0 aliphatic rings. The Bertz CT molecular complexity index is 964. The fourth-order valence-corrected chi connectivity index (χ4v) is 3.03. The third-order valence-corrected chi connectivity index (χ3v) is 4.57. The highest BCUT2D eigenvalue weighted by molar-refractivity contribution is 9.10. The Labute approximate surface area is 167 Å². The average Bonchev–Trinajstić information content (AvgIpc) is 2.92. The van der Waals surface area contributed by atoms with E-state index in [2.05, 4.69) is 31.7 Å². The third kappa shape index (κ3) is 4.57. The molecule has 3 aromatic rings. The van der Waals surface area contributed by atoms with E-state index < -0.39 is 11.6 Å². The Morgan fingerprint density at radius 3 is 2.69 bits per heavy atom. The van der Waals surface area contributed by atoms with Gasteiger partial charge in [-0.25, -0.2) is 8.78 Å². The molecular weight excluding hydrogens is 446 g/mol. The quantitative estimate of drug-likeness (QED) is 0.512. The van der Waals surface area contributed by atoms with Gasteiger partial charge in [0.15, 0.2) is 10.9 Å². The van der Waals surface area contributed by atoms with E-state index >= 15 is 0 Å². The van der Waals surface area contributed by atoms with E-state index in [1.165, 1.54) is 6.07 Å². The minimum atomic E-state index is -0.738. The van der Waals surface area contributed by atoms with Crippen LogP contribution in [0.25, 0.3) is 0 Å². The van der Waals surface area contributed by atoms with Gasteiger partial charge in [0.1, 0.15) is 11.6 Å². The first-order valence-corrected chi connectivity index (χ1v) is 8.99. The monoisotopic (exact) mass is 456 g/mol. The van der Waals surface area contributed by atoms with Crippen molar-refractivity contribution in [1.82, 2.24) is 9.78 Å². The van der Waals surface area contributed by atoms with Crippen molar-refractivity contribution < 1.29 is 8.78 Å². The minimum Gasteiger partial charge on any atom is -0.330 e. The molecule has 0 atom stereocenters. The number of nitrogens with one attached hydrogen (secondary N) is 2. The van der Waals surface area contributed by atoms with Crippen LogP contribution in [0.5, 0.6) is 0 Å². The molecule has 134 valence electrons. The topological polar surface area (TPSA) is 41.9 Å². The lowest BCUT2D eigenvalue weighted by Gasteiger charge is -2.10. The van der Waals surface area contributed by atoms with Gasteiger partial charge in [0.05, 0.1) is 16.7 Å². The Balaban J connectivity index is 1.69. The van der Waals surface area contributed by atoms with E-state index in [1.54, 1.807) is 10.9 Å². The second-order valence-corrected chi connectivity index (χ2v) is 6.99. The summed E-state index contributed by atoms with van der Waals surface area (Å²) in [6.07, 6.45) is 1.77. The lowest BCUT2D eigenvalue weighted by atomic mass is 10.2. The zero-order chi connectivity index (χ0) is 18.7. The van der Waals surface area contributed by atoms with Gasteiger partial charge in [-0.1, -0.05) is 29.8 Å². The molecule has 4 nitrogen and oxygen atoms in total. The minimum absolute atomic E-state index is 0.0653. The summed E-state index contributed by atoms with van der Waals surface area (Å²) < 4.78 is 29.0. The number of anilines is 2. The second kappa shape index (κ2) is 8.11. The zero-order valence-corrected chi connectivity index (χ0v) is 16.3. The van der Waals surface area contributed by atoms with Crippen molar-refractivity contribution in [3.05, 3.63) is 75.4 Å². The van der Waals surface area contributed by atoms with Gasteiger partial charge >= 0.3 is 0 Å². The van der Waals surface area contributed by atoms with Gasteiger partial charge in [-0.2, -0.15) is 5.10 Å². The molecule has 0 aliphatic heterocycles. The van der Waals surface area contributed by atoms with Crippen LogP contribution in [0.2, 0.25) is 5.02 Å². The van der Waals surface area contributed by atoms with Crippen LogP contribution in [0.3, 0.4) is 0 Å². The fraction of sp³-hybridized carbons (Fsp3) is 0.0588. The lowest BCUT2D eigenvalue weighted by molar-refractivity contribution is 0.586. The maximum absolute atomic E-state index is 13.7. The molecule has 9 heteroatoms. The van der Waals surface area contributed by atoms with Crippen molar-refractivity contribution in [1.29, 1.82) is 0 Å². The zero-order valence-electron chi connectivity index (χ0n) is 13.1. The van der Waals surface area contributed by atoms with Crippen LogP contribution in [0, 0.1) is 11.6 Å². The number of halogens is 4. The molecule has 1 aromatic heterocycles. The molecule has 1 heterocycles. The van der Waals surface area contributed by atoms with Gasteiger partial charge in [0.25, 0.3) is 0 Å². The number of hydrogen-bond donors (Lipinski definition) is 2. The summed E-state index contributed by atoms with van der Waals surface area (Å²) in [4.78, 5) is 0. The summed E-state index contributed by atoms with van der Waals surface area (Å²) in [5, 5.41) is 10.7. The standard InChI is InChI=1S/C17H12BrClF2N4S/c18-12-9-25(8-10-3-1-2-4-13(10)19)24-16(12)23-17(26)22-15-6-5-11(20)7-14(15)21/h1-7,9H,8H2,(H2,22,23,24,26). The molecule has 26 heavy (non-hydrogen) atoms. The first-order chi connectivity index (χ1) is 12.4. The summed E-state index contributed by atoms with van der Waals surface area (Å²) in [7, 11) is 0. The highest BCUT2D eigenvalue weighted by Crippen LogP contribution is 2.23. The van der Waals surface area contributed by atoms with Crippen molar-refractivity contribution in [2.75, 3.05) is 10.6 Å². The van der Waals surface area contributed by atoms with E-state index in [0.717, 1.165) is 17.7 Å². The number of benzene rings is 2. The number of nitrogens with zero attached hydrogens (tertiary/aromatic N) is 2. The van der Waals surface area contributed by atoms with Gasteiger partial charge in [-0.05, 0) is 51.9 Å². The van der Waals surface area contributed by atoms with Crippen molar-refractivity contribution >= 4 is 56.4 Å². The molecule has 0 radical (unpaired) electrons. The molecular formula is C17H12BrClF2N4S. The number of rotatable bonds is 4. The number of hydrogen-bond acceptors (Lipinski definition) is 2. The van der Waals surface area contributed by atoms with Crippen LogP contribution < -0.4 is 10.6 Å². The van der Waals surface area contributed by atoms with Crippen molar-refractivity contribution in [2.24, 2.45) is 0 Å². The fourth-order valence-electron chi connectivity index (χ4n) is 2.22. The molecule has 3 rings (SSSR count). The van der Waals surface area contributed by atoms with Crippen LogP contribution in [0.15, 0.2) is 53.1 Å². The molecule has 2 N–H and O–H groups in total. The molecule has 0 saturated heterocycles. The summed E-state index contributed by atoms with van der Waals surface area (Å²) in [5.74, 6) is -0.942. The molecule has 0 amide bonds. The third-order valence-electron chi connectivity index (χ3n) is 3.42. The summed E-state index contributed by atoms with van der Waals surface area (Å²) in [5.41, 5.74) is 0.986. The molecule has 0 bridgehead atoms. The maximum atomic E-state index is 13.7. The van der Waals surface area contributed by atoms with Crippen molar-refractivity contribution in [3.8, 4) is 0 Å². The van der Waals surface area contributed by atoms with Gasteiger partial charge in [-0.15, -0.1) is 0 Å². The van der Waals surface area contributed by atoms with Crippen LogP contribution in [0.1, 0.15) is 5.56 Å². The number of thiocarbonyl (C=S) groups is 1. The molecule has 0 unspecified atom stereocenters. The predicted molar refractivity (Wildman–Crippen MR) is 107 cm³/mol. The highest BCUT2D eigenvalue weighted by Gasteiger charge is 2.11. The Hall–Kier alpha value is -2.03. The summed E-state index contributed by atoms with van der Waals surface area (Å²) in [6.45, 7) is 0.479. The first-order valence-electron chi connectivity index (χ1n) is 7.42. The average molecular weight is 458 g/mol. The lowest BCUT2D eigenvalue weighted by Crippen LogP contribution is -2.20. The van der Waals surface area contributed by atoms with E-state index in [-0.39, 0.29) is 10.8 Å². The first kappa shape index (κ1) is 18.8. The van der Waals surface area contributed by atoms with Crippen molar-refractivity contribution in [2.45, 2.75) is 6.54 Å². The normalized spacial score (nSPS) is 10.6. The number of aromatic nitrogens is 2.